The van der Waals surface area contributed by atoms with Crippen molar-refractivity contribution in [2.75, 3.05) is 6.61 Å². The molecule has 0 saturated carbocycles. The van der Waals surface area contributed by atoms with Crippen LogP contribution in [0, 0.1) is 10.1 Å². The molecule has 1 heterocycles. The number of halogens is 1. The van der Waals surface area contributed by atoms with Crippen LogP contribution in [-0.2, 0) is 6.54 Å². The minimum atomic E-state index is -0.526. The van der Waals surface area contributed by atoms with Crippen molar-refractivity contribution in [3.8, 4) is 0 Å². The lowest BCUT2D eigenvalue weighted by atomic mass is 10.1. The van der Waals surface area contributed by atoms with Crippen LogP contribution in [0.25, 0.3) is 0 Å². The Labute approximate surface area is 120 Å². The molecule has 6 nitrogen and oxygen atoms in total. The fourth-order valence-electron chi connectivity index (χ4n) is 1.79. The molecule has 7 heteroatoms. The first kappa shape index (κ1) is 14.5. The Bertz CT molecular complexity index is 586. The molecule has 2 N–H and O–H groups in total. The number of benzene rings is 1. The van der Waals surface area contributed by atoms with E-state index in [4.69, 9.17) is 16.0 Å². The SMILES string of the molecule is O=[N+]([O-])c1cc(CNC(CO)c2ccco2)ccc1Cl. The predicted octanol–water partition coefficient (Wildman–Crippen LogP) is 2.66. The van der Waals surface area contributed by atoms with Gasteiger partial charge in [-0.2, -0.15) is 0 Å². The van der Waals surface area contributed by atoms with E-state index in [1.54, 1.807) is 18.2 Å². The highest BCUT2D eigenvalue weighted by atomic mass is 35.5. The molecule has 0 aliphatic carbocycles. The molecular weight excluding hydrogens is 284 g/mol. The second-order valence-electron chi connectivity index (χ2n) is 4.17. The highest BCUT2D eigenvalue weighted by Gasteiger charge is 2.15. The molecule has 106 valence electrons. The van der Waals surface area contributed by atoms with Crippen molar-refractivity contribution in [1.29, 1.82) is 0 Å². The Morgan fingerprint density at radius 1 is 1.45 bits per heavy atom. The van der Waals surface area contributed by atoms with Crippen molar-refractivity contribution in [2.24, 2.45) is 0 Å². The zero-order chi connectivity index (χ0) is 14.5. The lowest BCUT2D eigenvalue weighted by Crippen LogP contribution is -2.23. The van der Waals surface area contributed by atoms with E-state index in [0.29, 0.717) is 17.9 Å². The maximum Gasteiger partial charge on any atom is 0.288 e. The van der Waals surface area contributed by atoms with Gasteiger partial charge in [0.15, 0.2) is 0 Å². The van der Waals surface area contributed by atoms with Gasteiger partial charge in [0.2, 0.25) is 0 Å². The van der Waals surface area contributed by atoms with Crippen LogP contribution >= 0.6 is 11.6 Å². The van der Waals surface area contributed by atoms with Crippen molar-refractivity contribution in [3.63, 3.8) is 0 Å². The number of rotatable bonds is 6. The van der Waals surface area contributed by atoms with E-state index < -0.39 is 4.92 Å². The molecule has 0 radical (unpaired) electrons. The third-order valence-corrected chi connectivity index (χ3v) is 3.15. The Morgan fingerprint density at radius 3 is 2.85 bits per heavy atom. The molecule has 20 heavy (non-hydrogen) atoms. The number of nitro benzene ring substituents is 1. The second kappa shape index (κ2) is 6.51. The van der Waals surface area contributed by atoms with E-state index in [-0.39, 0.29) is 23.4 Å². The summed E-state index contributed by atoms with van der Waals surface area (Å²) in [6.45, 7) is 0.215. The molecule has 1 atom stereocenters. The fraction of sp³-hybridized carbons (Fsp3) is 0.231. The number of hydrogen-bond acceptors (Lipinski definition) is 5. The van der Waals surface area contributed by atoms with Gasteiger partial charge in [-0.25, -0.2) is 0 Å². The van der Waals surface area contributed by atoms with Gasteiger partial charge in [-0.05, 0) is 23.8 Å². The molecule has 0 saturated heterocycles. The Balaban J connectivity index is 2.07. The number of hydrogen-bond donors (Lipinski definition) is 2. The predicted molar refractivity (Wildman–Crippen MR) is 73.5 cm³/mol. The highest BCUT2D eigenvalue weighted by molar-refractivity contribution is 6.32. The van der Waals surface area contributed by atoms with E-state index in [2.05, 4.69) is 5.32 Å². The molecule has 2 aromatic rings. The highest BCUT2D eigenvalue weighted by Crippen LogP contribution is 2.25. The van der Waals surface area contributed by atoms with E-state index in [1.807, 2.05) is 0 Å². The van der Waals surface area contributed by atoms with Crippen molar-refractivity contribution in [3.05, 3.63) is 63.1 Å². The zero-order valence-corrected chi connectivity index (χ0v) is 11.2. The molecule has 0 aliphatic heterocycles. The topological polar surface area (TPSA) is 88.5 Å². The molecule has 0 amide bonds. The molecule has 0 fully saturated rings. The third-order valence-electron chi connectivity index (χ3n) is 2.83. The first-order valence-electron chi connectivity index (χ1n) is 5.92. The van der Waals surface area contributed by atoms with E-state index in [1.165, 1.54) is 18.4 Å². The van der Waals surface area contributed by atoms with Crippen LogP contribution in [0.5, 0.6) is 0 Å². The summed E-state index contributed by atoms with van der Waals surface area (Å²) in [6, 6.07) is 7.70. The quantitative estimate of drug-likeness (QED) is 0.632. The summed E-state index contributed by atoms with van der Waals surface area (Å²) in [5.41, 5.74) is 0.565. The summed E-state index contributed by atoms with van der Waals surface area (Å²) in [5, 5.41) is 23.3. The largest absolute Gasteiger partial charge is 0.468 e. The zero-order valence-electron chi connectivity index (χ0n) is 10.5. The maximum atomic E-state index is 10.8. The minimum Gasteiger partial charge on any atom is -0.468 e. The number of aliphatic hydroxyl groups is 1. The molecule has 2 rings (SSSR count). The Morgan fingerprint density at radius 2 is 2.25 bits per heavy atom. The summed E-state index contributed by atoms with van der Waals surface area (Å²) in [7, 11) is 0. The van der Waals surface area contributed by atoms with Gasteiger partial charge in [-0.15, -0.1) is 0 Å². The Kier molecular flexibility index (Phi) is 4.73. The maximum absolute atomic E-state index is 10.8. The summed E-state index contributed by atoms with van der Waals surface area (Å²) in [6.07, 6.45) is 1.52. The van der Waals surface area contributed by atoms with E-state index >= 15 is 0 Å². The minimum absolute atomic E-state index is 0.100. The lowest BCUT2D eigenvalue weighted by Gasteiger charge is -2.13. The average Bonchev–Trinajstić information content (AvgIpc) is 2.95. The van der Waals surface area contributed by atoms with Gasteiger partial charge in [0.25, 0.3) is 5.69 Å². The number of nitro groups is 1. The third kappa shape index (κ3) is 3.36. The summed E-state index contributed by atoms with van der Waals surface area (Å²) in [4.78, 5) is 10.3. The Hall–Kier alpha value is -1.89. The molecule has 1 aromatic heterocycles. The van der Waals surface area contributed by atoms with Crippen molar-refractivity contribution in [1.82, 2.24) is 5.32 Å². The van der Waals surface area contributed by atoms with Crippen molar-refractivity contribution in [2.45, 2.75) is 12.6 Å². The number of aliphatic hydroxyl groups excluding tert-OH is 1. The summed E-state index contributed by atoms with van der Waals surface area (Å²) >= 11 is 5.75. The van der Waals surface area contributed by atoms with Crippen LogP contribution in [0.1, 0.15) is 17.4 Å². The first-order valence-corrected chi connectivity index (χ1v) is 6.30. The van der Waals surface area contributed by atoms with Crippen LogP contribution in [0.15, 0.2) is 41.0 Å². The first-order chi connectivity index (χ1) is 9.61. The normalized spacial score (nSPS) is 12.3. The molecular formula is C13H13ClN2O4. The molecule has 0 aliphatic rings. The van der Waals surface area contributed by atoms with Gasteiger partial charge in [0.05, 0.1) is 23.8 Å². The van der Waals surface area contributed by atoms with Crippen molar-refractivity contribution < 1.29 is 14.4 Å². The summed E-state index contributed by atoms with van der Waals surface area (Å²) in [5.74, 6) is 0.607. The second-order valence-corrected chi connectivity index (χ2v) is 4.58. The van der Waals surface area contributed by atoms with Gasteiger partial charge in [-0.1, -0.05) is 17.7 Å². The molecule has 1 aromatic carbocycles. The van der Waals surface area contributed by atoms with Crippen LogP contribution in [0.3, 0.4) is 0 Å². The van der Waals surface area contributed by atoms with Crippen molar-refractivity contribution >= 4 is 17.3 Å². The number of nitrogens with zero attached hydrogens (tertiary/aromatic N) is 1. The lowest BCUT2D eigenvalue weighted by molar-refractivity contribution is -0.384. The number of furan rings is 1. The van der Waals surface area contributed by atoms with Crippen LogP contribution < -0.4 is 5.32 Å². The van der Waals surface area contributed by atoms with Gasteiger partial charge in [-0.3, -0.25) is 10.1 Å². The van der Waals surface area contributed by atoms with Crippen LogP contribution in [0.2, 0.25) is 5.02 Å². The van der Waals surface area contributed by atoms with Gasteiger partial charge >= 0.3 is 0 Å². The van der Waals surface area contributed by atoms with E-state index in [9.17, 15) is 15.2 Å². The van der Waals surface area contributed by atoms with Gasteiger partial charge < -0.3 is 14.8 Å². The summed E-state index contributed by atoms with van der Waals surface area (Å²) < 4.78 is 5.20. The molecule has 0 spiro atoms. The monoisotopic (exact) mass is 296 g/mol. The smallest absolute Gasteiger partial charge is 0.288 e. The van der Waals surface area contributed by atoms with Crippen LogP contribution in [0.4, 0.5) is 5.69 Å². The number of nitrogens with one attached hydrogen (secondary N) is 1. The molecule has 0 bridgehead atoms. The van der Waals surface area contributed by atoms with E-state index in [0.717, 1.165) is 0 Å². The standard InChI is InChI=1S/C13H13ClN2O4/c14-10-4-3-9(6-12(10)16(18)19)7-15-11(8-17)13-2-1-5-20-13/h1-6,11,15,17H,7-8H2. The van der Waals surface area contributed by atoms with Crippen LogP contribution in [-0.4, -0.2) is 16.6 Å². The van der Waals surface area contributed by atoms with Gasteiger partial charge in [0, 0.05) is 12.6 Å². The van der Waals surface area contributed by atoms with Gasteiger partial charge in [0.1, 0.15) is 10.8 Å². The fourth-order valence-corrected chi connectivity index (χ4v) is 1.98. The average molecular weight is 297 g/mol. The molecule has 1 unspecified atom stereocenters.